The van der Waals surface area contributed by atoms with Gasteiger partial charge in [0.1, 0.15) is 0 Å². The van der Waals surface area contributed by atoms with Gasteiger partial charge in [-0.05, 0) is 25.3 Å². The van der Waals surface area contributed by atoms with Crippen molar-refractivity contribution in [3.63, 3.8) is 0 Å². The minimum Gasteiger partial charge on any atom is -0.349 e. The van der Waals surface area contributed by atoms with Gasteiger partial charge in [-0.3, -0.25) is 9.69 Å². The highest BCUT2D eigenvalue weighted by Gasteiger charge is 2.24. The monoisotopic (exact) mass is 314 g/mol. The van der Waals surface area contributed by atoms with Crippen molar-refractivity contribution in [3.05, 3.63) is 58.0 Å². The third-order valence-electron chi connectivity index (χ3n) is 4.63. The first-order valence-corrected chi connectivity index (χ1v) is 8.95. The molecular weight excluding hydrogens is 284 g/mol. The van der Waals surface area contributed by atoms with Gasteiger partial charge in [-0.15, -0.1) is 0 Å². The van der Waals surface area contributed by atoms with Gasteiger partial charge in [0.2, 0.25) is 0 Å². The van der Waals surface area contributed by atoms with Gasteiger partial charge < -0.3 is 4.57 Å². The van der Waals surface area contributed by atoms with Crippen LogP contribution in [0.5, 0.6) is 0 Å². The molecule has 0 N–H and O–H groups in total. The van der Waals surface area contributed by atoms with Crippen molar-refractivity contribution < 1.29 is 0 Å². The van der Waals surface area contributed by atoms with E-state index in [9.17, 15) is 4.79 Å². The zero-order valence-electron chi connectivity index (χ0n) is 14.8. The Morgan fingerprint density at radius 1 is 1.35 bits per heavy atom. The molecular formula is C20H30N2O. The van der Waals surface area contributed by atoms with Crippen molar-refractivity contribution >= 4 is 0 Å². The van der Waals surface area contributed by atoms with E-state index in [1.165, 1.54) is 24.8 Å². The van der Waals surface area contributed by atoms with Gasteiger partial charge in [-0.25, -0.2) is 0 Å². The minimum atomic E-state index is 0.111. The molecule has 0 aliphatic carbocycles. The lowest BCUT2D eigenvalue weighted by Crippen LogP contribution is -2.42. The lowest BCUT2D eigenvalue weighted by atomic mass is 9.97. The Balaban J connectivity index is 2.22. The largest absolute Gasteiger partial charge is 0.349 e. The summed E-state index contributed by atoms with van der Waals surface area (Å²) in [5.74, 6) is 0. The van der Waals surface area contributed by atoms with Gasteiger partial charge >= 0.3 is 0 Å². The summed E-state index contributed by atoms with van der Waals surface area (Å²) in [6.45, 7) is 9.43. The van der Waals surface area contributed by atoms with Crippen LogP contribution in [0, 0.1) is 0 Å². The van der Waals surface area contributed by atoms with E-state index in [-0.39, 0.29) is 5.43 Å². The number of hydrogen-bond donors (Lipinski definition) is 0. The maximum atomic E-state index is 11.7. The maximum absolute atomic E-state index is 11.7. The summed E-state index contributed by atoms with van der Waals surface area (Å²) in [5, 5.41) is 0. The van der Waals surface area contributed by atoms with Crippen LogP contribution in [0.1, 0.15) is 52.1 Å². The molecule has 1 unspecified atom stereocenters. The molecule has 126 valence electrons. The fourth-order valence-electron chi connectivity index (χ4n) is 3.31. The second-order valence-electron chi connectivity index (χ2n) is 6.27. The number of nitrogens with zero attached hydrogens (tertiary/aromatic N) is 2. The van der Waals surface area contributed by atoms with Crippen LogP contribution in [0.25, 0.3) is 0 Å². The molecule has 0 amide bonds. The Kier molecular flexibility index (Phi) is 6.85. The summed E-state index contributed by atoms with van der Waals surface area (Å²) in [7, 11) is 0. The molecule has 1 aromatic heterocycles. The lowest BCUT2D eigenvalue weighted by Gasteiger charge is -2.37. The van der Waals surface area contributed by atoms with Crippen molar-refractivity contribution in [2.45, 2.75) is 65.6 Å². The Morgan fingerprint density at radius 3 is 2.87 bits per heavy atom. The van der Waals surface area contributed by atoms with Crippen molar-refractivity contribution in [2.75, 3.05) is 6.54 Å². The fraction of sp³-hybridized carbons (Fsp3) is 0.550. The van der Waals surface area contributed by atoms with Crippen molar-refractivity contribution in [1.82, 2.24) is 9.47 Å². The Bertz CT molecular complexity index is 612. The molecule has 3 nitrogen and oxygen atoms in total. The topological polar surface area (TPSA) is 25.2 Å². The van der Waals surface area contributed by atoms with Crippen LogP contribution in [0.4, 0.5) is 0 Å². The second-order valence-corrected chi connectivity index (χ2v) is 6.27. The van der Waals surface area contributed by atoms with Crippen LogP contribution in [0.15, 0.2) is 46.9 Å². The van der Waals surface area contributed by atoms with E-state index in [4.69, 9.17) is 0 Å². The summed E-state index contributed by atoms with van der Waals surface area (Å²) in [4.78, 5) is 14.2. The van der Waals surface area contributed by atoms with Crippen LogP contribution >= 0.6 is 0 Å². The SMILES string of the molecule is C/C=C(\C=C/CC)C(CCCC)N1CCn2ccc(=O)cc2C1. The number of allylic oxidation sites excluding steroid dienone is 2. The number of pyridine rings is 1. The minimum absolute atomic E-state index is 0.111. The van der Waals surface area contributed by atoms with Crippen LogP contribution in [-0.4, -0.2) is 22.1 Å². The predicted octanol–water partition coefficient (Wildman–Crippen LogP) is 4.14. The molecule has 1 atom stereocenters. The van der Waals surface area contributed by atoms with Gasteiger partial charge in [0, 0.05) is 49.7 Å². The summed E-state index contributed by atoms with van der Waals surface area (Å²) in [6.07, 6.45) is 13.4. The van der Waals surface area contributed by atoms with Crippen LogP contribution in [0.3, 0.4) is 0 Å². The Hall–Kier alpha value is -1.61. The first kappa shape index (κ1) is 17.7. The van der Waals surface area contributed by atoms with E-state index >= 15 is 0 Å². The standard InChI is InChI=1S/C20H30N2O/c1-4-7-9-17(6-3)20(10-8-5-2)22-14-13-21-12-11-19(23)15-18(21)16-22/h6-7,9,11-12,15,20H,4-5,8,10,13-14,16H2,1-3H3/b9-7-,17-6+. The van der Waals surface area contributed by atoms with Crippen molar-refractivity contribution in [1.29, 1.82) is 0 Å². The van der Waals surface area contributed by atoms with E-state index in [0.717, 1.165) is 31.7 Å². The fourth-order valence-corrected chi connectivity index (χ4v) is 3.31. The molecule has 2 heterocycles. The lowest BCUT2D eigenvalue weighted by molar-refractivity contribution is 0.167. The zero-order chi connectivity index (χ0) is 16.7. The van der Waals surface area contributed by atoms with E-state index in [1.807, 2.05) is 6.20 Å². The molecule has 1 aromatic rings. The van der Waals surface area contributed by atoms with E-state index in [2.05, 4.69) is 48.5 Å². The maximum Gasteiger partial charge on any atom is 0.181 e. The highest BCUT2D eigenvalue weighted by atomic mass is 16.1. The van der Waals surface area contributed by atoms with E-state index in [0.29, 0.717) is 6.04 Å². The Morgan fingerprint density at radius 2 is 2.17 bits per heavy atom. The van der Waals surface area contributed by atoms with Gasteiger partial charge in [-0.2, -0.15) is 0 Å². The van der Waals surface area contributed by atoms with Gasteiger partial charge in [0.05, 0.1) is 0 Å². The second kappa shape index (κ2) is 8.88. The molecule has 23 heavy (non-hydrogen) atoms. The summed E-state index contributed by atoms with van der Waals surface area (Å²) in [5.41, 5.74) is 2.66. The average molecular weight is 314 g/mol. The molecule has 0 bridgehead atoms. The number of aromatic nitrogens is 1. The smallest absolute Gasteiger partial charge is 0.181 e. The summed E-state index contributed by atoms with van der Waals surface area (Å²) in [6, 6.07) is 3.90. The first-order valence-electron chi connectivity index (χ1n) is 8.95. The number of hydrogen-bond acceptors (Lipinski definition) is 2. The predicted molar refractivity (Wildman–Crippen MR) is 97.6 cm³/mol. The normalized spacial score (nSPS) is 17.4. The number of unbranched alkanes of at least 4 members (excludes halogenated alkanes) is 1. The van der Waals surface area contributed by atoms with E-state index < -0.39 is 0 Å². The molecule has 0 aromatic carbocycles. The highest BCUT2D eigenvalue weighted by Crippen LogP contribution is 2.23. The van der Waals surface area contributed by atoms with Crippen LogP contribution in [-0.2, 0) is 13.1 Å². The molecule has 0 radical (unpaired) electrons. The summed E-state index contributed by atoms with van der Waals surface area (Å²) >= 11 is 0. The molecule has 1 aliphatic heterocycles. The Labute approximate surface area is 140 Å². The molecule has 3 heteroatoms. The first-order chi connectivity index (χ1) is 11.2. The van der Waals surface area contributed by atoms with Gasteiger partial charge in [-0.1, -0.05) is 44.9 Å². The molecule has 0 saturated heterocycles. The molecule has 2 rings (SSSR count). The van der Waals surface area contributed by atoms with Crippen molar-refractivity contribution in [2.24, 2.45) is 0 Å². The van der Waals surface area contributed by atoms with Crippen LogP contribution < -0.4 is 5.43 Å². The van der Waals surface area contributed by atoms with Gasteiger partial charge in [0.25, 0.3) is 0 Å². The third kappa shape index (κ3) is 4.68. The quantitative estimate of drug-likeness (QED) is 0.707. The summed E-state index contributed by atoms with van der Waals surface area (Å²) < 4.78 is 2.21. The zero-order valence-corrected chi connectivity index (χ0v) is 14.8. The highest BCUT2D eigenvalue weighted by molar-refractivity contribution is 5.25. The van der Waals surface area contributed by atoms with Gasteiger partial charge in [0.15, 0.2) is 5.43 Å². The van der Waals surface area contributed by atoms with E-state index in [1.54, 1.807) is 12.1 Å². The molecule has 0 fully saturated rings. The number of fused-ring (bicyclic) bond motifs is 1. The molecule has 1 aliphatic rings. The van der Waals surface area contributed by atoms with Crippen molar-refractivity contribution in [3.8, 4) is 0 Å². The average Bonchev–Trinajstić information content (AvgIpc) is 2.57. The molecule has 0 spiro atoms. The third-order valence-corrected chi connectivity index (χ3v) is 4.63. The molecule has 0 saturated carbocycles. The number of rotatable bonds is 7. The van der Waals surface area contributed by atoms with Crippen LogP contribution in [0.2, 0.25) is 0 Å².